The van der Waals surface area contributed by atoms with E-state index in [9.17, 15) is 0 Å². The number of benzene rings is 1. The molecule has 2 radical (unpaired) electrons. The molecule has 0 saturated heterocycles. The third-order valence-electron chi connectivity index (χ3n) is 0.991. The van der Waals surface area contributed by atoms with Crippen LogP contribution in [0.3, 0.4) is 0 Å². The molecule has 1 rings (SSSR count). The number of hydrogen-bond donors (Lipinski definition) is 0. The fraction of sp³-hybridized carbons (Fsp3) is 0. The fourth-order valence-electron chi connectivity index (χ4n) is 0.630. The largest absolute Gasteiger partial charge is 0.358 e. The van der Waals surface area contributed by atoms with Crippen molar-refractivity contribution in [1.29, 1.82) is 0 Å². The molecule has 0 aliphatic heterocycles. The molecule has 0 aromatic heterocycles. The van der Waals surface area contributed by atoms with Crippen LogP contribution in [-0.2, 0) is 65.4 Å². The molecule has 0 fully saturated rings. The Morgan fingerprint density at radius 3 is 1.33 bits per heavy atom. The summed E-state index contributed by atoms with van der Waals surface area (Å²) in [6.07, 6.45) is 0. The van der Waals surface area contributed by atoms with E-state index in [2.05, 4.69) is 13.8 Å². The summed E-state index contributed by atoms with van der Waals surface area (Å²) in [5, 5.41) is 0. The summed E-state index contributed by atoms with van der Waals surface area (Å²) in [7, 11) is 0. The SMILES string of the molecule is [CH2-]c1cccc([CH2-])c1.[CH3-].[CH3-].[Y].[Y]. The van der Waals surface area contributed by atoms with E-state index in [4.69, 9.17) is 0 Å². The van der Waals surface area contributed by atoms with E-state index in [0.29, 0.717) is 0 Å². The summed E-state index contributed by atoms with van der Waals surface area (Å²) >= 11 is 0. The molecule has 0 spiro atoms. The van der Waals surface area contributed by atoms with Gasteiger partial charge in [-0.05, 0) is 0 Å². The average Bonchev–Trinajstić information content (AvgIpc) is 1.64. The zero-order valence-electron chi connectivity index (χ0n) is 7.88. The molecule has 0 nitrogen and oxygen atoms in total. The van der Waals surface area contributed by atoms with Crippen LogP contribution >= 0.6 is 0 Å². The second kappa shape index (κ2) is 12.2. The Balaban J connectivity index is -0.0000000800. The predicted octanol–water partition coefficient (Wildman–Crippen LogP) is 2.95. The van der Waals surface area contributed by atoms with E-state index in [-0.39, 0.29) is 80.3 Å². The predicted molar refractivity (Wildman–Crippen MR) is 48.2 cm³/mol. The molecule has 64 valence electrons. The third kappa shape index (κ3) is 9.26. The first kappa shape index (κ1) is 23.2. The van der Waals surface area contributed by atoms with Gasteiger partial charge in [0.2, 0.25) is 0 Å². The van der Waals surface area contributed by atoms with Gasteiger partial charge in [-0.3, -0.25) is 0 Å². The first-order valence-corrected chi connectivity index (χ1v) is 2.53. The van der Waals surface area contributed by atoms with Crippen molar-refractivity contribution in [3.8, 4) is 0 Å². The van der Waals surface area contributed by atoms with E-state index < -0.39 is 0 Å². The summed E-state index contributed by atoms with van der Waals surface area (Å²) in [5.41, 5.74) is 2.05. The summed E-state index contributed by atoms with van der Waals surface area (Å²) in [6, 6.07) is 7.80. The second-order valence-corrected chi connectivity index (χ2v) is 1.82. The fourth-order valence-corrected chi connectivity index (χ4v) is 0.630. The molecule has 0 bridgehead atoms. The van der Waals surface area contributed by atoms with Crippen molar-refractivity contribution in [1.82, 2.24) is 0 Å². The van der Waals surface area contributed by atoms with Crippen molar-refractivity contribution in [2.24, 2.45) is 0 Å². The van der Waals surface area contributed by atoms with Gasteiger partial charge in [-0.2, -0.15) is 49.2 Å². The summed E-state index contributed by atoms with van der Waals surface area (Å²) in [5.74, 6) is 0. The van der Waals surface area contributed by atoms with Crippen LogP contribution in [0.4, 0.5) is 0 Å². The Kier molecular flexibility index (Phi) is 23.5. The Hall–Kier alpha value is 1.17. The number of hydrogen-bond acceptors (Lipinski definition) is 0. The van der Waals surface area contributed by atoms with Crippen LogP contribution < -0.4 is 0 Å². The molecule has 0 saturated carbocycles. The monoisotopic (exact) mass is 312 g/mol. The molecular formula is C10H14Y2-4. The Morgan fingerprint density at radius 2 is 1.17 bits per heavy atom. The van der Waals surface area contributed by atoms with Crippen molar-refractivity contribution >= 4 is 0 Å². The normalized spacial score (nSPS) is 6.00. The van der Waals surface area contributed by atoms with Crippen LogP contribution in [0.5, 0.6) is 0 Å². The Labute approximate surface area is 128 Å². The van der Waals surface area contributed by atoms with E-state index in [0.717, 1.165) is 11.1 Å². The van der Waals surface area contributed by atoms with Gasteiger partial charge in [-0.25, -0.2) is 0 Å². The molecule has 12 heavy (non-hydrogen) atoms. The molecule has 1 aromatic rings. The van der Waals surface area contributed by atoms with Crippen LogP contribution in [-0.4, -0.2) is 0 Å². The van der Waals surface area contributed by atoms with Gasteiger partial charge in [0.25, 0.3) is 0 Å². The molecule has 0 aliphatic rings. The quantitative estimate of drug-likeness (QED) is 0.646. The summed E-state index contributed by atoms with van der Waals surface area (Å²) in [6.45, 7) is 7.48. The topological polar surface area (TPSA) is 0 Å². The van der Waals surface area contributed by atoms with Gasteiger partial charge < -0.3 is 14.9 Å². The maximum Gasteiger partial charge on any atom is 0 e. The molecule has 0 aliphatic carbocycles. The zero-order valence-corrected chi connectivity index (χ0v) is 13.6. The van der Waals surface area contributed by atoms with Gasteiger partial charge in [0.05, 0.1) is 0 Å². The van der Waals surface area contributed by atoms with Gasteiger partial charge in [-0.15, -0.1) is 0 Å². The smallest absolute Gasteiger partial charge is 0 e. The molecule has 2 heteroatoms. The summed E-state index contributed by atoms with van der Waals surface area (Å²) < 4.78 is 0. The van der Waals surface area contributed by atoms with Crippen molar-refractivity contribution in [3.63, 3.8) is 0 Å². The van der Waals surface area contributed by atoms with Gasteiger partial charge in [0, 0.05) is 65.4 Å². The van der Waals surface area contributed by atoms with Crippen molar-refractivity contribution in [2.45, 2.75) is 0 Å². The average molecular weight is 312 g/mol. The molecule has 0 heterocycles. The van der Waals surface area contributed by atoms with Gasteiger partial charge in [-0.1, -0.05) is 0 Å². The van der Waals surface area contributed by atoms with Crippen LogP contribution in [0.1, 0.15) is 11.1 Å². The molecular weight excluding hydrogens is 298 g/mol. The van der Waals surface area contributed by atoms with Gasteiger partial charge in [0.1, 0.15) is 0 Å². The first-order chi connectivity index (χ1) is 3.79. The molecule has 0 atom stereocenters. The molecule has 0 amide bonds. The van der Waals surface area contributed by atoms with E-state index in [1.54, 1.807) is 0 Å². The maximum absolute atomic E-state index is 3.74. The van der Waals surface area contributed by atoms with Gasteiger partial charge >= 0.3 is 0 Å². The number of rotatable bonds is 0. The van der Waals surface area contributed by atoms with Crippen molar-refractivity contribution in [3.05, 3.63) is 64.1 Å². The van der Waals surface area contributed by atoms with Crippen molar-refractivity contribution in [2.75, 3.05) is 0 Å². The van der Waals surface area contributed by atoms with E-state index >= 15 is 0 Å². The van der Waals surface area contributed by atoms with Crippen LogP contribution in [0.2, 0.25) is 0 Å². The Bertz CT molecular complexity index is 168. The van der Waals surface area contributed by atoms with Gasteiger partial charge in [0.15, 0.2) is 0 Å². The Morgan fingerprint density at radius 1 is 0.833 bits per heavy atom. The van der Waals surface area contributed by atoms with E-state index in [1.807, 2.05) is 24.3 Å². The van der Waals surface area contributed by atoms with E-state index in [1.165, 1.54) is 0 Å². The standard InChI is InChI=1S/C8H8.2CH3.2Y/c1-7-4-3-5-8(2)6-7;;;;/h3-6H,1-2H2;2*1H3;;/q-2;2*-1;;. The minimum Gasteiger partial charge on any atom is -0.358 e. The molecule has 0 N–H and O–H groups in total. The van der Waals surface area contributed by atoms with Crippen molar-refractivity contribution < 1.29 is 65.4 Å². The minimum atomic E-state index is 0. The van der Waals surface area contributed by atoms with Crippen LogP contribution in [0, 0.1) is 28.7 Å². The van der Waals surface area contributed by atoms with Crippen LogP contribution in [0.25, 0.3) is 0 Å². The zero-order chi connectivity index (χ0) is 5.98. The maximum atomic E-state index is 3.74. The van der Waals surface area contributed by atoms with Crippen LogP contribution in [0.15, 0.2) is 24.3 Å². The summed E-state index contributed by atoms with van der Waals surface area (Å²) in [4.78, 5) is 0. The molecule has 1 aromatic carbocycles. The molecule has 0 unspecified atom stereocenters. The first-order valence-electron chi connectivity index (χ1n) is 2.53. The third-order valence-corrected chi connectivity index (χ3v) is 0.991. The minimum absolute atomic E-state index is 0. The second-order valence-electron chi connectivity index (χ2n) is 1.82.